The van der Waals surface area contributed by atoms with Crippen LogP contribution in [0.2, 0.25) is 0 Å². The molecule has 0 amide bonds. The number of hydrogen-bond acceptors (Lipinski definition) is 2. The summed E-state index contributed by atoms with van der Waals surface area (Å²) < 4.78 is 13.4. The molecule has 1 aromatic heterocycles. The Labute approximate surface area is 101 Å². The zero-order chi connectivity index (χ0) is 12.8. The van der Waals surface area contributed by atoms with Crippen LogP contribution < -0.4 is 0 Å². The summed E-state index contributed by atoms with van der Waals surface area (Å²) in [7, 11) is 0. The monoisotopic (exact) mass is 230 g/mol. The lowest BCUT2D eigenvalue weighted by Crippen LogP contribution is -1.93. The van der Waals surface area contributed by atoms with Crippen molar-refractivity contribution in [2.45, 2.75) is 26.7 Å². The van der Waals surface area contributed by atoms with Crippen LogP contribution in [-0.4, -0.2) is 4.98 Å². The van der Waals surface area contributed by atoms with E-state index < -0.39 is 0 Å². The van der Waals surface area contributed by atoms with Gasteiger partial charge in [-0.3, -0.25) is 4.98 Å². The molecule has 0 spiro atoms. The number of rotatable bonds is 1. The number of pyridine rings is 1. The maximum atomic E-state index is 13.4. The lowest BCUT2D eigenvalue weighted by atomic mass is 9.98. The summed E-state index contributed by atoms with van der Waals surface area (Å²) in [6, 6.07) is 6.98. The van der Waals surface area contributed by atoms with Crippen LogP contribution in [0.15, 0.2) is 30.6 Å². The Bertz CT molecular complexity index is 543. The van der Waals surface area contributed by atoms with E-state index in [1.807, 2.05) is 19.9 Å². The van der Waals surface area contributed by atoms with Crippen molar-refractivity contribution in [2.24, 2.45) is 0 Å². The van der Waals surface area contributed by atoms with Crippen molar-refractivity contribution >= 4 is 10.8 Å². The van der Waals surface area contributed by atoms with Crippen LogP contribution in [0.5, 0.6) is 0 Å². The number of aromatic nitrogens is 1. The molecule has 2 rings (SSSR count). The predicted molar refractivity (Wildman–Crippen MR) is 67.1 cm³/mol. The third kappa shape index (κ3) is 2.59. The van der Waals surface area contributed by atoms with E-state index in [0.29, 0.717) is 5.39 Å². The molecular formula is C14H15FN2. The maximum Gasteiger partial charge on any atom is 0.132 e. The van der Waals surface area contributed by atoms with Crippen molar-refractivity contribution in [3.05, 3.63) is 42.0 Å². The average Bonchev–Trinajstić information content (AvgIpc) is 2.40. The van der Waals surface area contributed by atoms with Crippen molar-refractivity contribution < 1.29 is 4.39 Å². The fourth-order valence-corrected chi connectivity index (χ4v) is 1.60. The van der Waals surface area contributed by atoms with E-state index in [2.05, 4.69) is 11.1 Å². The minimum absolute atomic E-state index is 0.275. The van der Waals surface area contributed by atoms with E-state index in [-0.39, 0.29) is 11.7 Å². The van der Waals surface area contributed by atoms with Gasteiger partial charge in [0.2, 0.25) is 0 Å². The van der Waals surface area contributed by atoms with Gasteiger partial charge in [-0.25, -0.2) is 4.39 Å². The normalized spacial score (nSPS) is 11.2. The Kier molecular flexibility index (Phi) is 4.59. The van der Waals surface area contributed by atoms with Crippen LogP contribution in [0.4, 0.5) is 4.39 Å². The highest BCUT2D eigenvalue weighted by atomic mass is 19.1. The molecule has 0 aliphatic heterocycles. The van der Waals surface area contributed by atoms with Crippen LogP contribution in [0, 0.1) is 17.1 Å². The lowest BCUT2D eigenvalue weighted by Gasteiger charge is -2.07. The Hall–Kier alpha value is -1.95. The smallest absolute Gasteiger partial charge is 0.132 e. The number of nitriles is 1. The van der Waals surface area contributed by atoms with Crippen LogP contribution in [-0.2, 0) is 0 Å². The van der Waals surface area contributed by atoms with Gasteiger partial charge in [-0.2, -0.15) is 5.26 Å². The minimum Gasteiger partial charge on any atom is -0.264 e. The summed E-state index contributed by atoms with van der Waals surface area (Å²) in [6.07, 6.45) is 3.11. The van der Waals surface area contributed by atoms with E-state index in [1.54, 1.807) is 19.2 Å². The van der Waals surface area contributed by atoms with E-state index in [1.165, 1.54) is 12.3 Å². The van der Waals surface area contributed by atoms with E-state index in [9.17, 15) is 4.39 Å². The van der Waals surface area contributed by atoms with Crippen LogP contribution in [0.25, 0.3) is 10.8 Å². The fraction of sp³-hybridized carbons (Fsp3) is 0.286. The third-order valence-corrected chi connectivity index (χ3v) is 2.44. The van der Waals surface area contributed by atoms with Crippen molar-refractivity contribution in [1.82, 2.24) is 4.98 Å². The summed E-state index contributed by atoms with van der Waals surface area (Å²) in [5.74, 6) is -0.574. The second-order valence-electron chi connectivity index (χ2n) is 3.41. The zero-order valence-corrected chi connectivity index (χ0v) is 10.2. The molecule has 1 atom stereocenters. The summed E-state index contributed by atoms with van der Waals surface area (Å²) >= 11 is 0. The molecule has 2 aromatic rings. The second kappa shape index (κ2) is 5.95. The lowest BCUT2D eigenvalue weighted by molar-refractivity contribution is 0.639. The molecule has 17 heavy (non-hydrogen) atoms. The number of benzene rings is 1. The molecule has 3 heteroatoms. The highest BCUT2D eigenvalue weighted by Gasteiger charge is 2.10. The van der Waals surface area contributed by atoms with Gasteiger partial charge in [0.05, 0.1) is 12.0 Å². The quantitative estimate of drug-likeness (QED) is 0.741. The standard InChI is InChI=1S/C12H9FN2.C2H6/c1-8(5-14)10-6-15-7-11-9(10)3-2-4-12(11)13;1-2/h2-4,6-8H,1H3;1-2H3. The number of nitrogens with zero attached hydrogens (tertiary/aromatic N) is 2. The molecule has 0 saturated heterocycles. The van der Waals surface area contributed by atoms with E-state index in [0.717, 1.165) is 10.9 Å². The van der Waals surface area contributed by atoms with Crippen molar-refractivity contribution in [1.29, 1.82) is 5.26 Å². The second-order valence-corrected chi connectivity index (χ2v) is 3.41. The molecule has 0 N–H and O–H groups in total. The third-order valence-electron chi connectivity index (χ3n) is 2.44. The van der Waals surface area contributed by atoms with Crippen LogP contribution >= 0.6 is 0 Å². The first kappa shape index (κ1) is 13.1. The number of fused-ring (bicyclic) bond motifs is 1. The van der Waals surface area contributed by atoms with Gasteiger partial charge in [0, 0.05) is 17.8 Å². The topological polar surface area (TPSA) is 36.7 Å². The molecule has 0 radical (unpaired) electrons. The summed E-state index contributed by atoms with van der Waals surface area (Å²) in [6.45, 7) is 5.78. The van der Waals surface area contributed by atoms with Gasteiger partial charge in [0.15, 0.2) is 0 Å². The average molecular weight is 230 g/mol. The molecule has 0 aliphatic carbocycles. The van der Waals surface area contributed by atoms with Gasteiger partial charge in [0.1, 0.15) is 5.82 Å². The molecule has 1 aromatic carbocycles. The van der Waals surface area contributed by atoms with Gasteiger partial charge in [0.25, 0.3) is 0 Å². The van der Waals surface area contributed by atoms with E-state index >= 15 is 0 Å². The van der Waals surface area contributed by atoms with Gasteiger partial charge in [-0.05, 0) is 23.9 Å². The largest absolute Gasteiger partial charge is 0.264 e. The highest BCUT2D eigenvalue weighted by Crippen LogP contribution is 2.25. The number of hydrogen-bond donors (Lipinski definition) is 0. The summed E-state index contributed by atoms with van der Waals surface area (Å²) in [5, 5.41) is 10.1. The molecule has 88 valence electrons. The van der Waals surface area contributed by atoms with Gasteiger partial charge in [-0.1, -0.05) is 26.0 Å². The molecule has 0 bridgehead atoms. The maximum absolute atomic E-state index is 13.4. The van der Waals surface area contributed by atoms with Crippen LogP contribution in [0.3, 0.4) is 0 Å². The molecular weight excluding hydrogens is 215 g/mol. The summed E-state index contributed by atoms with van der Waals surface area (Å²) in [4.78, 5) is 3.95. The number of halogens is 1. The van der Waals surface area contributed by atoms with Gasteiger partial charge >= 0.3 is 0 Å². The fourth-order valence-electron chi connectivity index (χ4n) is 1.60. The Morgan fingerprint density at radius 3 is 2.59 bits per heavy atom. The Morgan fingerprint density at radius 1 is 1.24 bits per heavy atom. The highest BCUT2D eigenvalue weighted by molar-refractivity contribution is 5.85. The Balaban J connectivity index is 0.000000686. The van der Waals surface area contributed by atoms with Gasteiger partial charge < -0.3 is 0 Å². The van der Waals surface area contributed by atoms with E-state index in [4.69, 9.17) is 5.26 Å². The summed E-state index contributed by atoms with van der Waals surface area (Å²) in [5.41, 5.74) is 0.773. The first-order valence-corrected chi connectivity index (χ1v) is 5.66. The molecule has 1 unspecified atom stereocenters. The van der Waals surface area contributed by atoms with Crippen molar-refractivity contribution in [3.63, 3.8) is 0 Å². The molecule has 0 saturated carbocycles. The minimum atomic E-state index is -0.299. The zero-order valence-electron chi connectivity index (χ0n) is 10.2. The molecule has 1 heterocycles. The Morgan fingerprint density at radius 2 is 1.94 bits per heavy atom. The van der Waals surface area contributed by atoms with Crippen molar-refractivity contribution in [3.8, 4) is 6.07 Å². The van der Waals surface area contributed by atoms with Crippen LogP contribution in [0.1, 0.15) is 32.3 Å². The van der Waals surface area contributed by atoms with Crippen molar-refractivity contribution in [2.75, 3.05) is 0 Å². The first-order valence-electron chi connectivity index (χ1n) is 5.66. The molecule has 0 fully saturated rings. The predicted octanol–water partition coefficient (Wildman–Crippen LogP) is 4.03. The molecule has 2 nitrogen and oxygen atoms in total. The molecule has 0 aliphatic rings. The first-order chi connectivity index (χ1) is 8.24. The van der Waals surface area contributed by atoms with Gasteiger partial charge in [-0.15, -0.1) is 0 Å². The SMILES string of the molecule is CC.CC(C#N)c1cncc2c(F)cccc12.